The number of amides is 5. The van der Waals surface area contributed by atoms with Crippen LogP contribution in [0.3, 0.4) is 0 Å². The molecule has 0 aromatic carbocycles. The second-order valence-electron chi connectivity index (χ2n) is 34.3. The Bertz CT molecular complexity index is 3720. The molecule has 10 saturated heterocycles. The third-order valence-corrected chi connectivity index (χ3v) is 24.6. The molecule has 0 unspecified atom stereocenters. The smallest absolute Gasteiger partial charge is 0.217 e. The molecule has 61 nitrogen and oxygen atoms in total. The summed E-state index contributed by atoms with van der Waals surface area (Å²) in [5.41, 5.74) is 0. The highest BCUT2D eigenvalue weighted by Crippen LogP contribution is 2.41. The third-order valence-electron chi connectivity index (χ3n) is 24.6. The van der Waals surface area contributed by atoms with E-state index in [2.05, 4.69) is 26.6 Å². The fourth-order valence-electron chi connectivity index (χ4n) is 17.3. The molecular weight excluding hydrogens is 1880 g/mol. The van der Waals surface area contributed by atoms with Crippen LogP contribution in [0.4, 0.5) is 0 Å². The first kappa shape index (κ1) is 114. The molecule has 36 N–H and O–H groups in total. The molecule has 0 aliphatic carbocycles. The Labute approximate surface area is 776 Å². The van der Waals surface area contributed by atoms with E-state index in [1.54, 1.807) is 0 Å². The van der Waals surface area contributed by atoms with E-state index in [1.165, 1.54) is 0 Å². The lowest BCUT2D eigenvalue weighted by Gasteiger charge is -2.51. The fourth-order valence-corrected chi connectivity index (χ4v) is 17.3. The second-order valence-corrected chi connectivity index (χ2v) is 34.3. The van der Waals surface area contributed by atoms with Crippen molar-refractivity contribution in [1.29, 1.82) is 0 Å². The first-order valence-corrected chi connectivity index (χ1v) is 43.6. The monoisotopic (exact) mass is 2010 g/mol. The molecule has 0 spiro atoms. The summed E-state index contributed by atoms with van der Waals surface area (Å²) >= 11 is 0. The number of hydrogen-bond acceptors (Lipinski definition) is 56. The number of aliphatic hydroxyl groups excluding tert-OH is 31. The molecule has 0 saturated carbocycles. The van der Waals surface area contributed by atoms with Crippen molar-refractivity contribution in [2.24, 2.45) is 0 Å². The van der Waals surface area contributed by atoms with E-state index in [1.807, 2.05) is 0 Å². The van der Waals surface area contributed by atoms with Crippen LogP contribution in [-0.4, -0.2) is 598 Å². The predicted molar refractivity (Wildman–Crippen MR) is 423 cm³/mol. The first-order chi connectivity index (χ1) is 64.8. The number of hydrogen-bond donors (Lipinski definition) is 36. The lowest BCUT2D eigenvalue weighted by Crippen LogP contribution is -2.70. The standard InChI is InChI=1S/C76H129N5O56/c1-18(92)77-23(6-82)39(98)59(24(97)7-83)130-68-36(79-20(3)94)47(106)63(32(15-91)125-68)134-74-58(117)64(45(104)34(128-74)17-119-75-65(53(112)43(102)28(11-87)123-75)136-69-37(80-21(4)95)48(107)61(30(13-89)126-69)132-72-56(115)51(110)41(100)26(9-85)121-72)135-76-66(137-70-38(81-22(5)96)49(108)62(31(14-90)127-70)133-73-57(116)52(111)42(101)27(10-86)122-73)54(113)44(103)33(129-76)16-118-67-35(78-19(2)93)46(105)60(29(12-88)124-67)131-71-55(114)50(109)40(99)25(8-84)120-71/h23-76,82-91,97-117H,6-17H2,1-5H3,(H,77,92)(H,78,93)(H,79,94)(H,80,95)(H,81,96)/t23-,24+,25+,26+,27+,28+,29+,30+,31+,32+,33+,34+,35+,36+,37+,38+,39+,40-,41-,42-,43+,44+,45+,46+,47+,48+,49+,50-,51-,52-,53-,54-,55+,56+,57+,58-,59+,60+,61+,62+,63+,64-,65-,66-,67+,68-,69-,70-,71-,72-,73-,74-,75-,76+/m0/s1. The second kappa shape index (κ2) is 50.9. The molecule has 0 bridgehead atoms. The minimum Gasteiger partial charge on any atom is -0.394 e. The van der Waals surface area contributed by atoms with Gasteiger partial charge in [0.2, 0.25) is 29.5 Å². The Hall–Kier alpha value is -4.69. The average Bonchev–Trinajstić information content (AvgIpc) is 0.772. The summed E-state index contributed by atoms with van der Waals surface area (Å²) in [7, 11) is 0. The van der Waals surface area contributed by atoms with Crippen molar-refractivity contribution in [2.75, 3.05) is 79.3 Å². The minimum atomic E-state index is -2.78. The van der Waals surface area contributed by atoms with Crippen LogP contribution < -0.4 is 26.6 Å². The van der Waals surface area contributed by atoms with Gasteiger partial charge in [-0.25, -0.2) is 0 Å². The van der Waals surface area contributed by atoms with Crippen LogP contribution in [0.5, 0.6) is 0 Å². The quantitative estimate of drug-likeness (QED) is 0.0271. The summed E-state index contributed by atoms with van der Waals surface area (Å²) in [6.07, 6.45) is -107. The molecule has 10 heterocycles. The van der Waals surface area contributed by atoms with E-state index in [0.717, 1.165) is 34.6 Å². The van der Waals surface area contributed by atoms with E-state index in [-0.39, 0.29) is 0 Å². The maximum absolute atomic E-state index is 13.3. The van der Waals surface area contributed by atoms with Gasteiger partial charge in [0, 0.05) is 34.6 Å². The van der Waals surface area contributed by atoms with Crippen LogP contribution in [0.2, 0.25) is 0 Å². The van der Waals surface area contributed by atoms with Crippen molar-refractivity contribution in [1.82, 2.24) is 26.6 Å². The molecule has 10 rings (SSSR count). The van der Waals surface area contributed by atoms with E-state index in [9.17, 15) is 182 Å². The highest BCUT2D eigenvalue weighted by Gasteiger charge is 2.62. The molecule has 54 atom stereocenters. The Morgan fingerprint density at radius 2 is 0.511 bits per heavy atom. The molecule has 61 heteroatoms. The van der Waals surface area contributed by atoms with Crippen molar-refractivity contribution in [2.45, 2.75) is 366 Å². The van der Waals surface area contributed by atoms with Crippen LogP contribution in [-0.2, 0) is 119 Å². The Balaban J connectivity index is 1.05. The Morgan fingerprint density at radius 1 is 0.248 bits per heavy atom. The number of ether oxygens (including phenoxy) is 20. The van der Waals surface area contributed by atoms with Gasteiger partial charge in [0.1, 0.15) is 262 Å². The summed E-state index contributed by atoms with van der Waals surface area (Å²) in [6, 6.07) is -9.81. The predicted octanol–water partition coefficient (Wildman–Crippen LogP) is -24.6. The van der Waals surface area contributed by atoms with Gasteiger partial charge >= 0.3 is 0 Å². The van der Waals surface area contributed by atoms with Crippen LogP contribution in [0.25, 0.3) is 0 Å². The van der Waals surface area contributed by atoms with E-state index in [0.29, 0.717) is 0 Å². The zero-order chi connectivity index (χ0) is 101. The van der Waals surface area contributed by atoms with Crippen LogP contribution in [0, 0.1) is 0 Å². The highest BCUT2D eigenvalue weighted by atomic mass is 16.8. The maximum atomic E-state index is 13.3. The van der Waals surface area contributed by atoms with Gasteiger partial charge in [-0.1, -0.05) is 0 Å². The molecule has 5 amide bonds. The van der Waals surface area contributed by atoms with Gasteiger partial charge in [0.05, 0.1) is 85.3 Å². The number of aliphatic hydroxyl groups is 31. The molecule has 794 valence electrons. The summed E-state index contributed by atoms with van der Waals surface area (Å²) in [5, 5.41) is 359. The number of nitrogens with one attached hydrogen (secondary N) is 5. The first-order valence-electron chi connectivity index (χ1n) is 43.6. The van der Waals surface area contributed by atoms with Gasteiger partial charge in [-0.3, -0.25) is 24.0 Å². The average molecular weight is 2010 g/mol. The van der Waals surface area contributed by atoms with Gasteiger partial charge in [-0.05, 0) is 0 Å². The molecule has 0 aromatic heterocycles. The van der Waals surface area contributed by atoms with Gasteiger partial charge in [-0.15, -0.1) is 0 Å². The third kappa shape index (κ3) is 26.2. The molecule has 137 heavy (non-hydrogen) atoms. The Kier molecular flexibility index (Phi) is 42.4. The molecule has 10 fully saturated rings. The topological polar surface area (TPSA) is 957 Å². The lowest BCUT2D eigenvalue weighted by molar-refractivity contribution is -0.400. The van der Waals surface area contributed by atoms with Crippen LogP contribution >= 0.6 is 0 Å². The van der Waals surface area contributed by atoms with E-state index >= 15 is 0 Å². The molecule has 0 aromatic rings. The van der Waals surface area contributed by atoms with Gasteiger partial charge in [0.15, 0.2) is 62.9 Å². The van der Waals surface area contributed by atoms with Crippen LogP contribution in [0.15, 0.2) is 0 Å². The van der Waals surface area contributed by atoms with Gasteiger partial charge in [0.25, 0.3) is 0 Å². The minimum absolute atomic E-state index is 0.856. The SMILES string of the molecule is CC(=O)N[C@H]1[C@H](O[C@@H]([C@H](O)[C@H](CO)NC(C)=O)[C@H](O)CO)O[C@H](CO)[C@@H](O[C@@H]2O[C@H](CO[C@H]3O[C@H](CO)[C@@H](O)[C@H](O)[C@@H]3O[C@@H]3O[C@H](CO)[C@@H](O[C@@H]4O[C@H](CO)[C@H](O)[C@H](O)[C@H]4O)[C@H](O)[C@H]3NC(C)=O)[C@@H](O)[C@H](O[C@H]3O[C@H](CO[C@@H]4O[C@H](CO)[C@@H](O[C@@H]5O[C@H](CO)[C@H](O)[C@H](O)[C@H]5O)[C@H](O)[C@H]4NC(C)=O)[C@@H](O)[C@H](O)[C@@H]3O[C@@H]3O[C@H](CO)[C@@H](O[C@@H]4O[C@H](CO)[C@H](O)[C@H](O)[C@H]4O)[C@H](O)[C@H]3NC(C)=O)[C@@H]2O)[C@@H]1O. The summed E-state index contributed by atoms with van der Waals surface area (Å²) in [6.45, 7) is -9.45. The van der Waals surface area contributed by atoms with E-state index < -0.39 is 440 Å². The molecule has 10 aliphatic rings. The number of carbonyl (C=O) groups is 5. The molecule has 0 radical (unpaired) electrons. The van der Waals surface area contributed by atoms with Gasteiger partial charge < -0.3 is 280 Å². The largest absolute Gasteiger partial charge is 0.394 e. The van der Waals surface area contributed by atoms with Crippen molar-refractivity contribution < 1.29 is 277 Å². The van der Waals surface area contributed by atoms with Crippen LogP contribution in [0.1, 0.15) is 34.6 Å². The molecular formula is C76H129N5O56. The summed E-state index contributed by atoms with van der Waals surface area (Å²) in [4.78, 5) is 64.8. The molecule has 10 aliphatic heterocycles. The summed E-state index contributed by atoms with van der Waals surface area (Å²) < 4.78 is 120. The zero-order valence-corrected chi connectivity index (χ0v) is 73.7. The summed E-state index contributed by atoms with van der Waals surface area (Å²) in [5.74, 6) is -4.91. The normalized spacial score (nSPS) is 46.5. The van der Waals surface area contributed by atoms with Crippen molar-refractivity contribution in [3.8, 4) is 0 Å². The zero-order valence-electron chi connectivity index (χ0n) is 73.7. The maximum Gasteiger partial charge on any atom is 0.217 e. The number of carbonyl (C=O) groups excluding carboxylic acids is 5. The number of rotatable bonds is 40. The van der Waals surface area contributed by atoms with Crippen molar-refractivity contribution in [3.63, 3.8) is 0 Å². The Morgan fingerprint density at radius 3 is 0.854 bits per heavy atom. The van der Waals surface area contributed by atoms with Crippen molar-refractivity contribution >= 4 is 29.5 Å². The fraction of sp³-hybridized carbons (Fsp3) is 0.934. The lowest BCUT2D eigenvalue weighted by atomic mass is 9.94. The van der Waals surface area contributed by atoms with Gasteiger partial charge in [-0.2, -0.15) is 0 Å². The van der Waals surface area contributed by atoms with E-state index in [4.69, 9.17) is 94.7 Å². The van der Waals surface area contributed by atoms with Crippen molar-refractivity contribution in [3.05, 3.63) is 0 Å². The highest BCUT2D eigenvalue weighted by molar-refractivity contribution is 5.75.